The van der Waals surface area contributed by atoms with Gasteiger partial charge >= 0.3 is 0 Å². The molecule has 0 radical (unpaired) electrons. The molecule has 25 heavy (non-hydrogen) atoms. The summed E-state index contributed by atoms with van der Waals surface area (Å²) in [6.07, 6.45) is 17.6. The van der Waals surface area contributed by atoms with Gasteiger partial charge in [-0.15, -0.1) is 0 Å². The van der Waals surface area contributed by atoms with Gasteiger partial charge in [0.15, 0.2) is 0 Å². The lowest BCUT2D eigenvalue weighted by Crippen LogP contribution is -2.31. The maximum absolute atomic E-state index is 6.77. The Labute approximate surface area is 161 Å². The Morgan fingerprint density at radius 3 is 1.92 bits per heavy atom. The van der Waals surface area contributed by atoms with E-state index in [0.29, 0.717) is 0 Å². The molecule has 0 heterocycles. The minimum absolute atomic E-state index is 0.705. The van der Waals surface area contributed by atoms with Crippen molar-refractivity contribution in [2.75, 3.05) is 0 Å². The molecule has 0 aliphatic heterocycles. The molecule has 2 heteroatoms. The van der Waals surface area contributed by atoms with Gasteiger partial charge in [-0.25, -0.2) is 0 Å². The number of unbranched alkanes of at least 4 members (excludes halogenated alkanes) is 10. The first-order chi connectivity index (χ1) is 12.1. The number of hydrogen-bond donors (Lipinski definition) is 1. The topological polar surface area (TPSA) is 26.0 Å². The zero-order chi connectivity index (χ0) is 18.4. The molecule has 0 amide bonds. The molecule has 0 aliphatic rings. The highest BCUT2D eigenvalue weighted by atomic mass is 35.5. The monoisotopic (exact) mass is 365 g/mol. The molecule has 0 bridgehead atoms. The van der Waals surface area contributed by atoms with Gasteiger partial charge in [0.1, 0.15) is 5.00 Å². The van der Waals surface area contributed by atoms with E-state index in [4.69, 9.17) is 17.3 Å². The van der Waals surface area contributed by atoms with Crippen molar-refractivity contribution in [1.82, 2.24) is 0 Å². The summed E-state index contributed by atoms with van der Waals surface area (Å²) in [5.41, 5.74) is 9.02. The van der Waals surface area contributed by atoms with Crippen molar-refractivity contribution in [3.8, 4) is 0 Å². The number of aryl methyl sites for hydroxylation is 1. The Kier molecular flexibility index (Phi) is 12.3. The maximum Gasteiger partial charge on any atom is 0.117 e. The normalized spacial score (nSPS) is 13.8. The van der Waals surface area contributed by atoms with Crippen LogP contribution >= 0.6 is 11.6 Å². The van der Waals surface area contributed by atoms with Crippen LogP contribution in [0.15, 0.2) is 24.3 Å². The number of hydrogen-bond acceptors (Lipinski definition) is 1. The van der Waals surface area contributed by atoms with Crippen LogP contribution in [0, 0.1) is 0 Å². The predicted octanol–water partition coefficient (Wildman–Crippen LogP) is 7.69. The number of halogens is 1. The second kappa shape index (κ2) is 13.6. The second-order valence-corrected chi connectivity index (χ2v) is 8.23. The molecule has 0 aromatic heterocycles. The summed E-state index contributed by atoms with van der Waals surface area (Å²) in [6, 6.07) is 8.54. The molecular weight excluding hydrogens is 326 g/mol. The summed E-state index contributed by atoms with van der Waals surface area (Å²) in [5, 5.41) is 0. The summed E-state index contributed by atoms with van der Waals surface area (Å²) in [5.74, 6) is 0. The zero-order valence-electron chi connectivity index (χ0n) is 16.7. The Hall–Kier alpha value is -0.530. The largest absolute Gasteiger partial charge is 0.309 e. The number of rotatable bonds is 15. The maximum atomic E-state index is 6.77. The van der Waals surface area contributed by atoms with E-state index < -0.39 is 5.00 Å². The molecule has 1 nitrogen and oxygen atoms in total. The van der Waals surface area contributed by atoms with Crippen molar-refractivity contribution >= 4 is 11.6 Å². The molecule has 0 saturated carbocycles. The van der Waals surface area contributed by atoms with Crippen LogP contribution in [-0.4, -0.2) is 0 Å². The van der Waals surface area contributed by atoms with E-state index in [1.54, 1.807) is 0 Å². The number of nitrogens with two attached hydrogens (primary N) is 1. The predicted molar refractivity (Wildman–Crippen MR) is 113 cm³/mol. The van der Waals surface area contributed by atoms with E-state index in [9.17, 15) is 0 Å². The van der Waals surface area contributed by atoms with Crippen molar-refractivity contribution in [2.24, 2.45) is 5.73 Å². The van der Waals surface area contributed by atoms with E-state index >= 15 is 0 Å². The third-order valence-electron chi connectivity index (χ3n) is 5.16. The fourth-order valence-corrected chi connectivity index (χ4v) is 3.85. The summed E-state index contributed by atoms with van der Waals surface area (Å²) >= 11 is 6.77. The van der Waals surface area contributed by atoms with Gasteiger partial charge in [-0.2, -0.15) is 0 Å². The van der Waals surface area contributed by atoms with Crippen LogP contribution in [0.3, 0.4) is 0 Å². The van der Waals surface area contributed by atoms with Crippen molar-refractivity contribution in [2.45, 2.75) is 109 Å². The van der Waals surface area contributed by atoms with Crippen LogP contribution in [0.25, 0.3) is 0 Å². The van der Waals surface area contributed by atoms with Gasteiger partial charge in [0.2, 0.25) is 0 Å². The van der Waals surface area contributed by atoms with Gasteiger partial charge in [0.25, 0.3) is 0 Å². The van der Waals surface area contributed by atoms with Gasteiger partial charge in [0, 0.05) is 0 Å². The van der Waals surface area contributed by atoms with Crippen molar-refractivity contribution in [3.05, 3.63) is 35.4 Å². The first-order valence-electron chi connectivity index (χ1n) is 10.7. The summed E-state index contributed by atoms with van der Waals surface area (Å²) in [4.78, 5) is -0.705. The third kappa shape index (κ3) is 9.66. The molecule has 1 atom stereocenters. The molecule has 2 N–H and O–H groups in total. The van der Waals surface area contributed by atoms with Crippen LogP contribution in [0.4, 0.5) is 0 Å². The van der Waals surface area contributed by atoms with E-state index in [-0.39, 0.29) is 0 Å². The molecule has 1 aromatic carbocycles. The van der Waals surface area contributed by atoms with Gasteiger partial charge in [0.05, 0.1) is 0 Å². The molecule has 0 spiro atoms. The molecule has 0 aliphatic carbocycles. The molecule has 1 rings (SSSR count). The minimum Gasteiger partial charge on any atom is -0.309 e. The molecule has 1 unspecified atom stereocenters. The van der Waals surface area contributed by atoms with E-state index in [1.165, 1.54) is 76.2 Å². The average molecular weight is 366 g/mol. The SMILES string of the molecule is CCCCCCCCc1ccccc1C(N)(Cl)CCCCCCCC. The van der Waals surface area contributed by atoms with Crippen LogP contribution in [0.5, 0.6) is 0 Å². The first kappa shape index (κ1) is 22.5. The summed E-state index contributed by atoms with van der Waals surface area (Å²) in [7, 11) is 0. The number of alkyl halides is 1. The quantitative estimate of drug-likeness (QED) is 0.192. The third-order valence-corrected chi connectivity index (χ3v) is 5.55. The highest BCUT2D eigenvalue weighted by molar-refractivity contribution is 6.23. The second-order valence-electron chi connectivity index (χ2n) is 7.56. The van der Waals surface area contributed by atoms with E-state index in [2.05, 4.69) is 38.1 Å². The molecular formula is C23H40ClN. The minimum atomic E-state index is -0.705. The molecule has 144 valence electrons. The fourth-order valence-electron chi connectivity index (χ4n) is 3.54. The van der Waals surface area contributed by atoms with Gasteiger partial charge in [-0.05, 0) is 30.4 Å². The summed E-state index contributed by atoms with van der Waals surface area (Å²) in [6.45, 7) is 4.52. The van der Waals surface area contributed by atoms with Crippen LogP contribution in [-0.2, 0) is 11.4 Å². The standard InChI is InChI=1S/C23H40ClN/c1-3-5-7-9-11-13-17-21-18-14-15-19-22(21)23(24,25)20-16-12-10-8-6-4-2/h14-15,18-19H,3-13,16-17,20,25H2,1-2H3. The first-order valence-corrected chi connectivity index (χ1v) is 11.1. The van der Waals surface area contributed by atoms with Gasteiger partial charge in [-0.1, -0.05) is 120 Å². The Morgan fingerprint density at radius 2 is 1.28 bits per heavy atom. The lowest BCUT2D eigenvalue weighted by atomic mass is 9.92. The van der Waals surface area contributed by atoms with E-state index in [1.807, 2.05) is 0 Å². The molecule has 0 saturated heterocycles. The van der Waals surface area contributed by atoms with E-state index in [0.717, 1.165) is 24.8 Å². The molecule has 1 aromatic rings. The van der Waals surface area contributed by atoms with Gasteiger partial charge in [-0.3, -0.25) is 0 Å². The van der Waals surface area contributed by atoms with Crippen LogP contribution in [0.1, 0.15) is 108 Å². The lowest BCUT2D eigenvalue weighted by Gasteiger charge is -2.25. The van der Waals surface area contributed by atoms with Crippen molar-refractivity contribution < 1.29 is 0 Å². The van der Waals surface area contributed by atoms with Gasteiger partial charge < -0.3 is 5.73 Å². The Bertz CT molecular complexity index is 441. The highest BCUT2D eigenvalue weighted by Gasteiger charge is 2.25. The average Bonchev–Trinajstić information content (AvgIpc) is 2.61. The smallest absolute Gasteiger partial charge is 0.117 e. The zero-order valence-corrected chi connectivity index (χ0v) is 17.4. The summed E-state index contributed by atoms with van der Waals surface area (Å²) < 4.78 is 0. The van der Waals surface area contributed by atoms with Crippen molar-refractivity contribution in [1.29, 1.82) is 0 Å². The fraction of sp³-hybridized carbons (Fsp3) is 0.739. The van der Waals surface area contributed by atoms with Crippen molar-refractivity contribution in [3.63, 3.8) is 0 Å². The highest BCUT2D eigenvalue weighted by Crippen LogP contribution is 2.32. The van der Waals surface area contributed by atoms with Crippen LogP contribution in [0.2, 0.25) is 0 Å². The van der Waals surface area contributed by atoms with Crippen LogP contribution < -0.4 is 5.73 Å². The lowest BCUT2D eigenvalue weighted by molar-refractivity contribution is 0.506. The number of benzene rings is 1. The Balaban J connectivity index is 2.44. The molecule has 0 fully saturated rings. The Morgan fingerprint density at radius 1 is 0.760 bits per heavy atom.